The van der Waals surface area contributed by atoms with Crippen molar-refractivity contribution in [3.63, 3.8) is 0 Å². The first kappa shape index (κ1) is 32.2. The molecule has 2 aliphatic rings. The molecular weight excluding hydrogens is 593 g/mol. The van der Waals surface area contributed by atoms with Crippen molar-refractivity contribution in [3.8, 4) is 21.6 Å². The molecule has 1 fully saturated rings. The summed E-state index contributed by atoms with van der Waals surface area (Å²) in [6.07, 6.45) is 3.84. The lowest BCUT2D eigenvalue weighted by molar-refractivity contribution is -0.160. The number of benzene rings is 2. The Bertz CT molecular complexity index is 1730. The molecular formula is C38H46N4O3S. The summed E-state index contributed by atoms with van der Waals surface area (Å²) in [5.41, 5.74) is 8.78. The van der Waals surface area contributed by atoms with Crippen LogP contribution in [-0.4, -0.2) is 46.3 Å². The third-order valence-electron chi connectivity index (χ3n) is 9.30. The van der Waals surface area contributed by atoms with E-state index >= 15 is 0 Å². The molecule has 2 aliphatic heterocycles. The van der Waals surface area contributed by atoms with Crippen LogP contribution >= 0.6 is 11.3 Å². The van der Waals surface area contributed by atoms with Crippen molar-refractivity contribution in [2.45, 2.75) is 86.0 Å². The molecule has 6 rings (SSSR count). The zero-order chi connectivity index (χ0) is 32.8. The molecule has 0 spiro atoms. The van der Waals surface area contributed by atoms with Gasteiger partial charge in [0.2, 0.25) is 0 Å². The van der Waals surface area contributed by atoms with Crippen LogP contribution in [0.25, 0.3) is 21.6 Å². The zero-order valence-electron chi connectivity index (χ0n) is 28.2. The Labute approximate surface area is 277 Å². The number of aliphatic carboxylic acids is 1. The van der Waals surface area contributed by atoms with E-state index in [1.807, 2.05) is 40.0 Å². The molecule has 4 heterocycles. The first-order valence-corrected chi connectivity index (χ1v) is 17.2. The van der Waals surface area contributed by atoms with Crippen molar-refractivity contribution < 1.29 is 14.6 Å². The molecule has 242 valence electrons. The van der Waals surface area contributed by atoms with E-state index in [1.165, 1.54) is 21.6 Å². The number of nitrogens with zero attached hydrogens (tertiary/aromatic N) is 4. The fourth-order valence-electron chi connectivity index (χ4n) is 6.77. The van der Waals surface area contributed by atoms with E-state index in [-0.39, 0.29) is 5.41 Å². The molecule has 2 aromatic heterocycles. The maximum Gasteiger partial charge on any atom is 0.337 e. The molecule has 1 atom stereocenters. The van der Waals surface area contributed by atoms with Crippen LogP contribution < -0.4 is 9.80 Å². The maximum absolute atomic E-state index is 12.8. The van der Waals surface area contributed by atoms with Crippen molar-refractivity contribution >= 4 is 28.1 Å². The predicted octanol–water partition coefficient (Wildman–Crippen LogP) is 8.62. The van der Waals surface area contributed by atoms with Crippen LogP contribution in [0, 0.1) is 19.3 Å². The molecule has 46 heavy (non-hydrogen) atoms. The number of anilines is 2. The van der Waals surface area contributed by atoms with E-state index in [2.05, 4.69) is 73.0 Å². The van der Waals surface area contributed by atoms with Crippen LogP contribution in [0.4, 0.5) is 10.8 Å². The number of hydrogen-bond acceptors (Lipinski definition) is 7. The van der Waals surface area contributed by atoms with E-state index in [1.54, 1.807) is 11.3 Å². The van der Waals surface area contributed by atoms with Gasteiger partial charge in [-0.3, -0.25) is 4.98 Å². The van der Waals surface area contributed by atoms with Gasteiger partial charge in [-0.2, -0.15) is 0 Å². The second-order valence-corrected chi connectivity index (χ2v) is 15.6. The quantitative estimate of drug-likeness (QED) is 0.217. The molecule has 7 nitrogen and oxygen atoms in total. The number of hydrogen-bond donors (Lipinski definition) is 1. The summed E-state index contributed by atoms with van der Waals surface area (Å²) >= 11 is 1.74. The number of carboxylic acids is 1. The molecule has 0 bridgehead atoms. The minimum absolute atomic E-state index is 0.249. The van der Waals surface area contributed by atoms with Gasteiger partial charge in [-0.05, 0) is 81.5 Å². The highest BCUT2D eigenvalue weighted by Gasteiger charge is 2.36. The van der Waals surface area contributed by atoms with Crippen LogP contribution in [-0.2, 0) is 22.5 Å². The Balaban J connectivity index is 1.39. The van der Waals surface area contributed by atoms with Crippen LogP contribution in [0.1, 0.15) is 81.6 Å². The van der Waals surface area contributed by atoms with Crippen molar-refractivity contribution in [2.75, 3.05) is 29.4 Å². The normalized spacial score (nSPS) is 17.1. The molecule has 8 heteroatoms. The number of aromatic nitrogens is 2. The lowest BCUT2D eigenvalue weighted by Crippen LogP contribution is -2.39. The smallest absolute Gasteiger partial charge is 0.337 e. The van der Waals surface area contributed by atoms with Gasteiger partial charge in [0, 0.05) is 54.9 Å². The molecule has 0 amide bonds. The van der Waals surface area contributed by atoms with E-state index in [9.17, 15) is 9.90 Å². The Hall–Kier alpha value is -3.75. The summed E-state index contributed by atoms with van der Waals surface area (Å²) in [4.78, 5) is 28.5. The Morgan fingerprint density at radius 1 is 0.957 bits per heavy atom. The number of aryl methyl sites for hydroxylation is 2. The van der Waals surface area contributed by atoms with Gasteiger partial charge in [-0.25, -0.2) is 9.78 Å². The van der Waals surface area contributed by atoms with Gasteiger partial charge >= 0.3 is 5.97 Å². The fourth-order valence-corrected chi connectivity index (χ4v) is 7.72. The number of rotatable bonds is 7. The Kier molecular flexibility index (Phi) is 8.72. The molecule has 0 radical (unpaired) electrons. The largest absolute Gasteiger partial charge is 0.479 e. The number of pyridine rings is 1. The topological polar surface area (TPSA) is 78.8 Å². The SMILES string of the molecule is Cc1nc(C)c(C(OC(C)(C)C)C(=O)O)c(N2CCC(C)(C)CC2)c1-c1ccc2c(c1)CCN(c1ncc(-c3ccccc3)s1)C2. The number of fused-ring (bicyclic) bond motifs is 1. The third-order valence-corrected chi connectivity index (χ3v) is 10.4. The van der Waals surface area contributed by atoms with Gasteiger partial charge in [0.15, 0.2) is 11.2 Å². The first-order valence-electron chi connectivity index (χ1n) is 16.3. The second kappa shape index (κ2) is 12.5. The maximum atomic E-state index is 12.8. The lowest BCUT2D eigenvalue weighted by atomic mass is 9.81. The van der Waals surface area contributed by atoms with Gasteiger partial charge in [0.05, 0.1) is 16.2 Å². The minimum atomic E-state index is -1.12. The summed E-state index contributed by atoms with van der Waals surface area (Å²) in [5.74, 6) is -0.989. The predicted molar refractivity (Wildman–Crippen MR) is 188 cm³/mol. The van der Waals surface area contributed by atoms with Crippen LogP contribution in [0.2, 0.25) is 0 Å². The van der Waals surface area contributed by atoms with Crippen molar-refractivity contribution in [2.24, 2.45) is 5.41 Å². The molecule has 0 aliphatic carbocycles. The van der Waals surface area contributed by atoms with Crippen molar-refractivity contribution in [1.29, 1.82) is 0 Å². The van der Waals surface area contributed by atoms with Gasteiger partial charge in [-0.1, -0.05) is 73.7 Å². The van der Waals surface area contributed by atoms with Crippen LogP contribution in [0.15, 0.2) is 54.7 Å². The summed E-state index contributed by atoms with van der Waals surface area (Å²) in [7, 11) is 0. The summed E-state index contributed by atoms with van der Waals surface area (Å²) in [6, 6.07) is 17.2. The van der Waals surface area contributed by atoms with Gasteiger partial charge in [-0.15, -0.1) is 0 Å². The number of thiazole rings is 1. The molecule has 1 unspecified atom stereocenters. The summed E-state index contributed by atoms with van der Waals surface area (Å²) in [5, 5.41) is 11.6. The molecule has 0 saturated carbocycles. The first-order chi connectivity index (χ1) is 21.8. The Morgan fingerprint density at radius 3 is 2.35 bits per heavy atom. The summed E-state index contributed by atoms with van der Waals surface area (Å²) in [6.45, 7) is 17.8. The molecule has 1 N–H and O–H groups in total. The van der Waals surface area contributed by atoms with Gasteiger partial charge in [0.1, 0.15) is 0 Å². The minimum Gasteiger partial charge on any atom is -0.479 e. The standard InChI is InChI=1S/C38H46N4O3S/c1-24-31(33(41-19-16-38(6,7)17-20-41)32(25(2)40-24)34(35(43)44)45-37(3,4)5)28-13-14-29-23-42(18-15-27(29)21-28)36-39-22-30(46-36)26-11-9-8-10-12-26/h8-14,21-22,34H,15-20,23H2,1-7H3,(H,43,44). The molecule has 2 aromatic carbocycles. The summed E-state index contributed by atoms with van der Waals surface area (Å²) < 4.78 is 6.27. The highest BCUT2D eigenvalue weighted by molar-refractivity contribution is 7.18. The van der Waals surface area contributed by atoms with E-state index in [0.717, 1.165) is 73.1 Å². The second-order valence-electron chi connectivity index (χ2n) is 14.5. The third kappa shape index (κ3) is 6.69. The van der Waals surface area contributed by atoms with Crippen molar-refractivity contribution in [3.05, 3.63) is 82.8 Å². The average molecular weight is 639 g/mol. The highest BCUT2D eigenvalue weighted by atomic mass is 32.1. The zero-order valence-corrected chi connectivity index (χ0v) is 29.0. The van der Waals surface area contributed by atoms with E-state index in [0.29, 0.717) is 11.3 Å². The number of carbonyl (C=O) groups is 1. The van der Waals surface area contributed by atoms with Gasteiger partial charge in [0.25, 0.3) is 0 Å². The average Bonchev–Trinajstić information content (AvgIpc) is 3.50. The highest BCUT2D eigenvalue weighted by Crippen LogP contribution is 2.45. The van der Waals surface area contributed by atoms with Crippen molar-refractivity contribution in [1.82, 2.24) is 9.97 Å². The molecule has 4 aromatic rings. The number of piperidine rings is 1. The van der Waals surface area contributed by atoms with Gasteiger partial charge < -0.3 is 19.6 Å². The molecule has 1 saturated heterocycles. The Morgan fingerprint density at radius 2 is 1.67 bits per heavy atom. The lowest BCUT2D eigenvalue weighted by Gasteiger charge is -2.41. The number of carboxylic acid groups (broad SMARTS) is 1. The van der Waals surface area contributed by atoms with Crippen LogP contribution in [0.5, 0.6) is 0 Å². The van der Waals surface area contributed by atoms with E-state index in [4.69, 9.17) is 14.7 Å². The number of ether oxygens (including phenoxy) is 1. The fraction of sp³-hybridized carbons (Fsp3) is 0.447. The monoisotopic (exact) mass is 638 g/mol. The van der Waals surface area contributed by atoms with E-state index < -0.39 is 17.7 Å². The van der Waals surface area contributed by atoms with Crippen LogP contribution in [0.3, 0.4) is 0 Å².